The highest BCUT2D eigenvalue weighted by molar-refractivity contribution is 5.37. The molecule has 0 spiro atoms. The van der Waals surface area contributed by atoms with E-state index in [1.54, 1.807) is 0 Å². The Kier molecular flexibility index (Phi) is 4.77. The third-order valence-corrected chi connectivity index (χ3v) is 3.13. The van der Waals surface area contributed by atoms with E-state index < -0.39 is 0 Å². The molecule has 0 saturated carbocycles. The van der Waals surface area contributed by atoms with Crippen LogP contribution in [-0.2, 0) is 13.1 Å². The van der Waals surface area contributed by atoms with Crippen molar-refractivity contribution in [2.24, 2.45) is 0 Å². The second-order valence-electron chi connectivity index (χ2n) is 4.57. The molecule has 3 heteroatoms. The quantitative estimate of drug-likeness (QED) is 0.804. The number of nitrogens with zero attached hydrogens (tertiary/aromatic N) is 2. The number of nitrogens with one attached hydrogen (secondary N) is 1. The Morgan fingerprint density at radius 2 is 2.05 bits per heavy atom. The molecule has 1 aromatic carbocycles. The molecule has 1 N–H and O–H groups in total. The lowest BCUT2D eigenvalue weighted by Gasteiger charge is -2.11. The molecule has 0 unspecified atom stereocenters. The molecule has 19 heavy (non-hydrogen) atoms. The van der Waals surface area contributed by atoms with Crippen molar-refractivity contribution in [1.82, 2.24) is 9.88 Å². The first kappa shape index (κ1) is 13.4. The van der Waals surface area contributed by atoms with Gasteiger partial charge in [-0.1, -0.05) is 25.1 Å². The average Bonchev–Trinajstić information content (AvgIpc) is 2.87. The van der Waals surface area contributed by atoms with Gasteiger partial charge in [0.25, 0.3) is 0 Å². The minimum atomic E-state index is 0.750. The third kappa shape index (κ3) is 3.46. The van der Waals surface area contributed by atoms with Crippen LogP contribution in [0.2, 0.25) is 0 Å². The standard InChI is InChI=1S/C16H19N3/c1-2-9-18-12-16-8-5-10-19(16)13-15-7-4-3-6-14(15)11-17/h3-8,10,18H,2,9,12-13H2,1H3. The highest BCUT2D eigenvalue weighted by Gasteiger charge is 2.04. The predicted molar refractivity (Wildman–Crippen MR) is 76.7 cm³/mol. The summed E-state index contributed by atoms with van der Waals surface area (Å²) < 4.78 is 2.19. The van der Waals surface area contributed by atoms with Crippen molar-refractivity contribution in [3.63, 3.8) is 0 Å². The van der Waals surface area contributed by atoms with Crippen molar-refractivity contribution in [2.45, 2.75) is 26.4 Å². The molecular formula is C16H19N3. The van der Waals surface area contributed by atoms with Crippen LogP contribution in [-0.4, -0.2) is 11.1 Å². The van der Waals surface area contributed by atoms with Crippen molar-refractivity contribution in [1.29, 1.82) is 5.26 Å². The van der Waals surface area contributed by atoms with Crippen LogP contribution in [0, 0.1) is 11.3 Å². The van der Waals surface area contributed by atoms with E-state index in [4.69, 9.17) is 5.26 Å². The van der Waals surface area contributed by atoms with E-state index in [1.165, 1.54) is 5.69 Å². The molecule has 0 saturated heterocycles. The zero-order valence-corrected chi connectivity index (χ0v) is 11.3. The van der Waals surface area contributed by atoms with E-state index in [2.05, 4.69) is 41.2 Å². The lowest BCUT2D eigenvalue weighted by Crippen LogP contribution is -2.17. The summed E-state index contributed by atoms with van der Waals surface area (Å²) in [5.41, 5.74) is 3.07. The van der Waals surface area contributed by atoms with Crippen molar-refractivity contribution in [3.05, 3.63) is 59.4 Å². The highest BCUT2D eigenvalue weighted by Crippen LogP contribution is 2.12. The van der Waals surface area contributed by atoms with Gasteiger partial charge in [-0.3, -0.25) is 0 Å². The van der Waals surface area contributed by atoms with Gasteiger partial charge in [0, 0.05) is 25.0 Å². The van der Waals surface area contributed by atoms with Gasteiger partial charge in [0.2, 0.25) is 0 Å². The van der Waals surface area contributed by atoms with E-state index >= 15 is 0 Å². The molecule has 1 heterocycles. The fourth-order valence-electron chi connectivity index (χ4n) is 2.11. The monoisotopic (exact) mass is 253 g/mol. The Labute approximate surface area is 114 Å². The number of rotatable bonds is 6. The summed E-state index contributed by atoms with van der Waals surface area (Å²) in [7, 11) is 0. The highest BCUT2D eigenvalue weighted by atomic mass is 15.0. The Morgan fingerprint density at radius 3 is 2.84 bits per heavy atom. The topological polar surface area (TPSA) is 40.8 Å². The van der Waals surface area contributed by atoms with E-state index in [0.717, 1.165) is 37.2 Å². The molecule has 1 aromatic heterocycles. The van der Waals surface area contributed by atoms with Crippen LogP contribution >= 0.6 is 0 Å². The first-order valence-electron chi connectivity index (χ1n) is 6.68. The molecule has 2 aromatic rings. The molecule has 0 amide bonds. The maximum Gasteiger partial charge on any atom is 0.0995 e. The summed E-state index contributed by atoms with van der Waals surface area (Å²) in [6, 6.07) is 14.2. The van der Waals surface area contributed by atoms with Crippen molar-refractivity contribution >= 4 is 0 Å². The van der Waals surface area contributed by atoms with Crippen LogP contribution in [0.1, 0.15) is 30.2 Å². The largest absolute Gasteiger partial charge is 0.346 e. The average molecular weight is 253 g/mol. The van der Waals surface area contributed by atoms with E-state index in [9.17, 15) is 0 Å². The number of benzene rings is 1. The molecule has 98 valence electrons. The lowest BCUT2D eigenvalue weighted by molar-refractivity contribution is 0.630. The summed E-state index contributed by atoms with van der Waals surface area (Å²) in [6.45, 7) is 4.81. The summed E-state index contributed by atoms with van der Waals surface area (Å²) in [4.78, 5) is 0. The number of nitriles is 1. The predicted octanol–water partition coefficient (Wildman–Crippen LogP) is 2.91. The molecule has 2 rings (SSSR count). The molecule has 0 aliphatic heterocycles. The fraction of sp³-hybridized carbons (Fsp3) is 0.312. The van der Waals surface area contributed by atoms with Crippen molar-refractivity contribution < 1.29 is 0 Å². The van der Waals surface area contributed by atoms with Gasteiger partial charge < -0.3 is 9.88 Å². The second kappa shape index (κ2) is 6.77. The van der Waals surface area contributed by atoms with Crippen LogP contribution in [0.4, 0.5) is 0 Å². The summed E-state index contributed by atoms with van der Waals surface area (Å²) in [5.74, 6) is 0. The Balaban J connectivity index is 2.11. The molecule has 0 fully saturated rings. The zero-order valence-electron chi connectivity index (χ0n) is 11.3. The maximum absolute atomic E-state index is 9.12. The van der Waals surface area contributed by atoms with Crippen LogP contribution in [0.25, 0.3) is 0 Å². The van der Waals surface area contributed by atoms with E-state index in [0.29, 0.717) is 0 Å². The van der Waals surface area contributed by atoms with Gasteiger partial charge in [0.05, 0.1) is 11.6 Å². The molecule has 0 aliphatic rings. The molecule has 0 radical (unpaired) electrons. The number of hydrogen-bond donors (Lipinski definition) is 1. The second-order valence-corrected chi connectivity index (χ2v) is 4.57. The van der Waals surface area contributed by atoms with Gasteiger partial charge in [0.1, 0.15) is 0 Å². The molecule has 0 atom stereocenters. The van der Waals surface area contributed by atoms with Crippen molar-refractivity contribution in [3.8, 4) is 6.07 Å². The van der Waals surface area contributed by atoms with E-state index in [-0.39, 0.29) is 0 Å². The zero-order chi connectivity index (χ0) is 13.5. The summed E-state index contributed by atoms with van der Waals surface area (Å²) in [5, 5.41) is 12.5. The Morgan fingerprint density at radius 1 is 1.21 bits per heavy atom. The third-order valence-electron chi connectivity index (χ3n) is 3.13. The van der Waals surface area contributed by atoms with Gasteiger partial charge in [-0.15, -0.1) is 0 Å². The smallest absolute Gasteiger partial charge is 0.0995 e. The van der Waals surface area contributed by atoms with Crippen LogP contribution in [0.3, 0.4) is 0 Å². The fourth-order valence-corrected chi connectivity index (χ4v) is 2.11. The first-order chi connectivity index (χ1) is 9.35. The lowest BCUT2D eigenvalue weighted by atomic mass is 10.1. The van der Waals surface area contributed by atoms with Gasteiger partial charge in [-0.2, -0.15) is 5.26 Å². The van der Waals surface area contributed by atoms with Crippen LogP contribution in [0.15, 0.2) is 42.6 Å². The van der Waals surface area contributed by atoms with Gasteiger partial charge in [0.15, 0.2) is 0 Å². The normalized spacial score (nSPS) is 10.3. The molecule has 0 bridgehead atoms. The summed E-state index contributed by atoms with van der Waals surface area (Å²) >= 11 is 0. The molecule has 3 nitrogen and oxygen atoms in total. The maximum atomic E-state index is 9.12. The summed E-state index contributed by atoms with van der Waals surface area (Å²) in [6.07, 6.45) is 3.20. The Hall–Kier alpha value is -2.05. The van der Waals surface area contributed by atoms with Gasteiger partial charge >= 0.3 is 0 Å². The van der Waals surface area contributed by atoms with E-state index in [1.807, 2.05) is 24.3 Å². The van der Waals surface area contributed by atoms with Gasteiger partial charge in [-0.05, 0) is 36.7 Å². The minimum absolute atomic E-state index is 0.750. The van der Waals surface area contributed by atoms with Gasteiger partial charge in [-0.25, -0.2) is 0 Å². The molecular weight excluding hydrogens is 234 g/mol. The number of aromatic nitrogens is 1. The van der Waals surface area contributed by atoms with Crippen LogP contribution in [0.5, 0.6) is 0 Å². The van der Waals surface area contributed by atoms with Crippen LogP contribution < -0.4 is 5.32 Å². The molecule has 0 aliphatic carbocycles. The minimum Gasteiger partial charge on any atom is -0.346 e. The number of hydrogen-bond acceptors (Lipinski definition) is 2. The van der Waals surface area contributed by atoms with Crippen molar-refractivity contribution in [2.75, 3.05) is 6.54 Å². The SMILES string of the molecule is CCCNCc1cccn1Cc1ccccc1C#N. The first-order valence-corrected chi connectivity index (χ1v) is 6.68. The Bertz CT molecular complexity index is 563.